The number of likely N-dealkylation sites (tertiary alicyclic amines) is 1. The molecule has 2 aromatic rings. The Kier molecular flexibility index (Phi) is 4.31. The minimum Gasteiger partial charge on any atom is -0.469 e. The maximum Gasteiger partial charge on any atom is 0.257 e. The molecule has 0 aliphatic carbocycles. The summed E-state index contributed by atoms with van der Waals surface area (Å²) in [5.41, 5.74) is 1.43. The van der Waals surface area contributed by atoms with Gasteiger partial charge in [0.1, 0.15) is 5.76 Å². The van der Waals surface area contributed by atoms with Gasteiger partial charge in [0.05, 0.1) is 43.9 Å². The number of hydrogen-bond donors (Lipinski definition) is 0. The second kappa shape index (κ2) is 6.61. The van der Waals surface area contributed by atoms with Gasteiger partial charge < -0.3 is 18.8 Å². The first kappa shape index (κ1) is 16.3. The van der Waals surface area contributed by atoms with Gasteiger partial charge in [-0.2, -0.15) is 0 Å². The standard InChI is InChI=1S/C19H22N2O4/c1-14-17(5-7-25-14)18(22)21-8-15-9-23-12-19(15,11-21)13-24-10-16-4-2-3-6-20-16/h2-7,15H,8-13H2,1H3/t15-,19+/m1/s1. The molecule has 2 fully saturated rings. The highest BCUT2D eigenvalue weighted by Crippen LogP contribution is 2.42. The number of pyridine rings is 1. The fourth-order valence-corrected chi connectivity index (χ4v) is 3.81. The van der Waals surface area contributed by atoms with Gasteiger partial charge in [-0.05, 0) is 25.1 Å². The number of nitrogens with zero attached hydrogens (tertiary/aromatic N) is 2. The van der Waals surface area contributed by atoms with Gasteiger partial charge in [0.15, 0.2) is 0 Å². The summed E-state index contributed by atoms with van der Waals surface area (Å²) >= 11 is 0. The molecule has 2 aliphatic rings. The van der Waals surface area contributed by atoms with E-state index >= 15 is 0 Å². The topological polar surface area (TPSA) is 64.8 Å². The van der Waals surface area contributed by atoms with Gasteiger partial charge in [0.2, 0.25) is 0 Å². The van der Waals surface area contributed by atoms with Crippen molar-refractivity contribution in [2.45, 2.75) is 13.5 Å². The molecule has 2 saturated heterocycles. The zero-order valence-electron chi connectivity index (χ0n) is 14.3. The third-order valence-corrected chi connectivity index (χ3v) is 5.26. The summed E-state index contributed by atoms with van der Waals surface area (Å²) in [6.45, 7) is 5.54. The van der Waals surface area contributed by atoms with Crippen molar-refractivity contribution in [3.8, 4) is 0 Å². The number of furan rings is 1. The first-order valence-corrected chi connectivity index (χ1v) is 8.57. The highest BCUT2D eigenvalue weighted by Gasteiger charge is 2.52. The zero-order valence-corrected chi connectivity index (χ0v) is 14.3. The Labute approximate surface area is 146 Å². The average molecular weight is 342 g/mol. The molecular weight excluding hydrogens is 320 g/mol. The van der Waals surface area contributed by atoms with E-state index in [1.807, 2.05) is 30.0 Å². The molecule has 0 bridgehead atoms. The lowest BCUT2D eigenvalue weighted by Gasteiger charge is -2.26. The van der Waals surface area contributed by atoms with E-state index in [-0.39, 0.29) is 11.3 Å². The Balaban J connectivity index is 1.42. The fraction of sp³-hybridized carbons (Fsp3) is 0.474. The van der Waals surface area contributed by atoms with Crippen LogP contribution in [0.1, 0.15) is 21.8 Å². The molecule has 0 saturated carbocycles. The molecule has 0 N–H and O–H groups in total. The number of aromatic nitrogens is 1. The third-order valence-electron chi connectivity index (χ3n) is 5.26. The van der Waals surface area contributed by atoms with Crippen LogP contribution in [0, 0.1) is 18.3 Å². The molecule has 0 radical (unpaired) electrons. The maximum atomic E-state index is 12.8. The Morgan fingerprint density at radius 3 is 3.12 bits per heavy atom. The van der Waals surface area contributed by atoms with E-state index in [4.69, 9.17) is 13.9 Å². The van der Waals surface area contributed by atoms with Crippen molar-refractivity contribution in [2.24, 2.45) is 11.3 Å². The molecule has 25 heavy (non-hydrogen) atoms. The highest BCUT2D eigenvalue weighted by atomic mass is 16.5. The number of carbonyl (C=O) groups excluding carboxylic acids is 1. The van der Waals surface area contributed by atoms with E-state index in [0.717, 1.165) is 5.69 Å². The summed E-state index contributed by atoms with van der Waals surface area (Å²) in [6.07, 6.45) is 3.33. The summed E-state index contributed by atoms with van der Waals surface area (Å²) in [5, 5.41) is 0. The monoisotopic (exact) mass is 342 g/mol. The minimum atomic E-state index is -0.123. The van der Waals surface area contributed by atoms with E-state index < -0.39 is 0 Å². The number of carbonyl (C=O) groups is 1. The largest absolute Gasteiger partial charge is 0.469 e. The van der Waals surface area contributed by atoms with E-state index in [1.54, 1.807) is 18.5 Å². The van der Waals surface area contributed by atoms with Crippen molar-refractivity contribution < 1.29 is 18.7 Å². The number of ether oxygens (including phenoxy) is 2. The van der Waals surface area contributed by atoms with Crippen LogP contribution in [0.3, 0.4) is 0 Å². The van der Waals surface area contributed by atoms with Crippen molar-refractivity contribution in [1.29, 1.82) is 0 Å². The average Bonchev–Trinajstić information content (AvgIpc) is 3.29. The Morgan fingerprint density at radius 2 is 2.36 bits per heavy atom. The van der Waals surface area contributed by atoms with Gasteiger partial charge in [-0.25, -0.2) is 0 Å². The number of hydrogen-bond acceptors (Lipinski definition) is 5. The van der Waals surface area contributed by atoms with Crippen LogP contribution in [-0.4, -0.2) is 48.7 Å². The first-order chi connectivity index (χ1) is 12.2. The molecule has 2 aliphatic heterocycles. The lowest BCUT2D eigenvalue weighted by atomic mass is 9.82. The molecule has 4 rings (SSSR count). The van der Waals surface area contributed by atoms with E-state index in [1.165, 1.54) is 0 Å². The van der Waals surface area contributed by atoms with Crippen molar-refractivity contribution in [1.82, 2.24) is 9.88 Å². The normalized spacial score (nSPS) is 25.3. The minimum absolute atomic E-state index is 0.0322. The lowest BCUT2D eigenvalue weighted by molar-refractivity contribution is 0.0175. The second-order valence-corrected chi connectivity index (χ2v) is 6.96. The van der Waals surface area contributed by atoms with Crippen LogP contribution in [-0.2, 0) is 16.1 Å². The van der Waals surface area contributed by atoms with Crippen LogP contribution in [0.5, 0.6) is 0 Å². The molecular formula is C19H22N2O4. The fourth-order valence-electron chi connectivity index (χ4n) is 3.81. The number of rotatable bonds is 5. The summed E-state index contributed by atoms with van der Waals surface area (Å²) in [6, 6.07) is 7.54. The molecule has 0 aromatic carbocycles. The SMILES string of the molecule is Cc1occc1C(=O)N1C[C@@H]2COC[C@]2(COCc2ccccn2)C1. The number of aryl methyl sites for hydroxylation is 1. The van der Waals surface area contributed by atoms with Crippen LogP contribution in [0.4, 0.5) is 0 Å². The van der Waals surface area contributed by atoms with Crippen molar-refractivity contribution in [2.75, 3.05) is 32.9 Å². The van der Waals surface area contributed by atoms with Gasteiger partial charge >= 0.3 is 0 Å². The van der Waals surface area contributed by atoms with Crippen LogP contribution in [0.25, 0.3) is 0 Å². The van der Waals surface area contributed by atoms with Crippen molar-refractivity contribution >= 4 is 5.91 Å². The van der Waals surface area contributed by atoms with Crippen LogP contribution in [0.2, 0.25) is 0 Å². The van der Waals surface area contributed by atoms with Crippen LogP contribution < -0.4 is 0 Å². The van der Waals surface area contributed by atoms with E-state index in [9.17, 15) is 4.79 Å². The molecule has 4 heterocycles. The summed E-state index contributed by atoms with van der Waals surface area (Å²) in [5.74, 6) is 1.01. The van der Waals surface area contributed by atoms with Gasteiger partial charge in [-0.1, -0.05) is 6.07 Å². The molecule has 1 amide bonds. The van der Waals surface area contributed by atoms with E-state index in [2.05, 4.69) is 4.98 Å². The predicted molar refractivity (Wildman–Crippen MR) is 90.0 cm³/mol. The summed E-state index contributed by atoms with van der Waals surface area (Å²) in [7, 11) is 0. The van der Waals surface area contributed by atoms with E-state index in [0.29, 0.717) is 56.8 Å². The lowest BCUT2D eigenvalue weighted by Crippen LogP contribution is -2.37. The smallest absolute Gasteiger partial charge is 0.257 e. The summed E-state index contributed by atoms with van der Waals surface area (Å²) < 4.78 is 16.9. The molecule has 0 spiro atoms. The molecule has 6 nitrogen and oxygen atoms in total. The molecule has 0 unspecified atom stereocenters. The number of amides is 1. The zero-order chi connectivity index (χ0) is 17.3. The Morgan fingerprint density at radius 1 is 1.44 bits per heavy atom. The van der Waals surface area contributed by atoms with Gasteiger partial charge in [-0.15, -0.1) is 0 Å². The van der Waals surface area contributed by atoms with Gasteiger partial charge in [-0.3, -0.25) is 9.78 Å². The van der Waals surface area contributed by atoms with Crippen LogP contribution >= 0.6 is 0 Å². The molecule has 2 aromatic heterocycles. The molecule has 132 valence electrons. The second-order valence-electron chi connectivity index (χ2n) is 6.96. The van der Waals surface area contributed by atoms with Crippen molar-refractivity contribution in [3.63, 3.8) is 0 Å². The highest BCUT2D eigenvalue weighted by molar-refractivity contribution is 5.95. The Bertz CT molecular complexity index is 745. The predicted octanol–water partition coefficient (Wildman–Crippen LogP) is 2.29. The van der Waals surface area contributed by atoms with Gasteiger partial charge in [0.25, 0.3) is 5.91 Å². The first-order valence-electron chi connectivity index (χ1n) is 8.57. The van der Waals surface area contributed by atoms with Crippen molar-refractivity contribution in [3.05, 3.63) is 53.7 Å². The molecule has 2 atom stereocenters. The number of fused-ring (bicyclic) bond motifs is 1. The van der Waals surface area contributed by atoms with Crippen LogP contribution in [0.15, 0.2) is 41.1 Å². The quantitative estimate of drug-likeness (QED) is 0.834. The Hall–Kier alpha value is -2.18. The maximum absolute atomic E-state index is 12.8. The molecule has 6 heteroatoms. The van der Waals surface area contributed by atoms with Gasteiger partial charge in [0, 0.05) is 30.6 Å². The summed E-state index contributed by atoms with van der Waals surface area (Å²) in [4.78, 5) is 19.0. The third kappa shape index (κ3) is 3.07.